The lowest BCUT2D eigenvalue weighted by atomic mass is 9.95. The summed E-state index contributed by atoms with van der Waals surface area (Å²) in [6, 6.07) is 16.4. The topological polar surface area (TPSA) is 95.1 Å². The number of benzene rings is 2. The first-order chi connectivity index (χ1) is 21.0. The molecule has 2 aromatic carbocycles. The van der Waals surface area contributed by atoms with E-state index in [-0.39, 0.29) is 18.1 Å². The van der Waals surface area contributed by atoms with Crippen LogP contribution < -0.4 is 19.8 Å². The molecule has 0 saturated heterocycles. The number of aryl methyl sites for hydroxylation is 1. The molecule has 0 N–H and O–H groups in total. The molecule has 9 nitrogen and oxygen atoms in total. The van der Waals surface area contributed by atoms with Crippen LogP contribution in [0.2, 0.25) is 0 Å². The number of hydrogen-bond acceptors (Lipinski definition) is 8. The quantitative estimate of drug-likeness (QED) is 0.273. The van der Waals surface area contributed by atoms with Crippen LogP contribution in [-0.2, 0) is 14.3 Å². The Morgan fingerprint density at radius 1 is 0.955 bits per heavy atom. The van der Waals surface area contributed by atoms with E-state index in [9.17, 15) is 14.4 Å². The fraction of sp³-hybridized carbons (Fsp3) is 0.294. The van der Waals surface area contributed by atoms with Crippen molar-refractivity contribution in [3.8, 4) is 5.69 Å². The van der Waals surface area contributed by atoms with Gasteiger partial charge in [-0.1, -0.05) is 23.5 Å². The summed E-state index contributed by atoms with van der Waals surface area (Å²) in [5.41, 5.74) is 6.64. The smallest absolute Gasteiger partial charge is 0.338 e. The van der Waals surface area contributed by atoms with E-state index in [1.165, 1.54) is 11.3 Å². The second-order valence-electron chi connectivity index (χ2n) is 10.7. The van der Waals surface area contributed by atoms with Crippen LogP contribution in [0.15, 0.2) is 75.7 Å². The van der Waals surface area contributed by atoms with E-state index in [2.05, 4.69) is 4.57 Å². The Kier molecular flexibility index (Phi) is 8.73. The molecule has 0 fully saturated rings. The van der Waals surface area contributed by atoms with Crippen LogP contribution in [0.5, 0.6) is 0 Å². The molecule has 1 aliphatic rings. The molecule has 44 heavy (non-hydrogen) atoms. The molecule has 228 valence electrons. The summed E-state index contributed by atoms with van der Waals surface area (Å²) in [6.45, 7) is 9.84. The first kappa shape index (κ1) is 30.7. The number of ether oxygens (including phenoxy) is 2. The van der Waals surface area contributed by atoms with Gasteiger partial charge in [0.1, 0.15) is 0 Å². The molecule has 0 amide bonds. The number of hydrogen-bond donors (Lipinski definition) is 0. The number of aromatic nitrogens is 2. The molecule has 0 radical (unpaired) electrons. The van der Waals surface area contributed by atoms with E-state index < -0.39 is 12.0 Å². The molecule has 1 atom stereocenters. The van der Waals surface area contributed by atoms with E-state index >= 15 is 0 Å². The molecule has 0 spiro atoms. The van der Waals surface area contributed by atoms with Crippen LogP contribution in [0.25, 0.3) is 11.8 Å². The summed E-state index contributed by atoms with van der Waals surface area (Å²) in [4.78, 5) is 46.6. The van der Waals surface area contributed by atoms with Gasteiger partial charge in [0.25, 0.3) is 5.56 Å². The Labute approximate surface area is 260 Å². The Bertz CT molecular complexity index is 1940. The molecular weight excluding hydrogens is 576 g/mol. The highest BCUT2D eigenvalue weighted by Gasteiger charge is 2.33. The van der Waals surface area contributed by atoms with Gasteiger partial charge >= 0.3 is 11.9 Å². The van der Waals surface area contributed by atoms with Gasteiger partial charge in [-0.15, -0.1) is 0 Å². The summed E-state index contributed by atoms with van der Waals surface area (Å²) >= 11 is 1.30. The van der Waals surface area contributed by atoms with Gasteiger partial charge in [-0.3, -0.25) is 9.36 Å². The van der Waals surface area contributed by atoms with Crippen molar-refractivity contribution in [2.75, 3.05) is 32.2 Å². The normalized spacial score (nSPS) is 14.7. The highest BCUT2D eigenvalue weighted by atomic mass is 32.1. The fourth-order valence-corrected chi connectivity index (χ4v) is 6.53. The number of carbonyl (C=O) groups excluding carboxylic acids is 2. The number of esters is 2. The third-order valence-corrected chi connectivity index (χ3v) is 8.62. The summed E-state index contributed by atoms with van der Waals surface area (Å²) in [5.74, 6) is -0.841. The number of anilines is 1. The number of nitrogens with zero attached hydrogens (tertiary/aromatic N) is 4. The Morgan fingerprint density at radius 3 is 2.20 bits per heavy atom. The SMILES string of the molecule is CCOC(=O)C1=C(C)N=c2s/c(=C/c3cc(C)n(-c4ccc(C(=O)OCC)cc4)c3C)c(=O)n2[C@@H]1c1ccc(N(C)C)cc1. The number of thiazole rings is 1. The van der Waals surface area contributed by atoms with Gasteiger partial charge in [0.15, 0.2) is 4.80 Å². The minimum absolute atomic E-state index is 0.216. The lowest BCUT2D eigenvalue weighted by molar-refractivity contribution is -0.139. The van der Waals surface area contributed by atoms with Crippen molar-refractivity contribution < 1.29 is 19.1 Å². The van der Waals surface area contributed by atoms with Crippen LogP contribution in [0.3, 0.4) is 0 Å². The number of fused-ring (bicyclic) bond motifs is 1. The minimum Gasteiger partial charge on any atom is -0.463 e. The second-order valence-corrected chi connectivity index (χ2v) is 11.7. The molecule has 2 aromatic heterocycles. The molecule has 5 rings (SSSR count). The molecule has 0 bridgehead atoms. The molecular formula is C34H36N4O5S. The van der Waals surface area contributed by atoms with Crippen LogP contribution in [-0.4, -0.2) is 48.4 Å². The fourth-order valence-electron chi connectivity index (χ4n) is 5.49. The summed E-state index contributed by atoms with van der Waals surface area (Å²) in [7, 11) is 3.92. The number of rotatable bonds is 8. The Balaban J connectivity index is 1.61. The predicted octanol–water partition coefficient (Wildman–Crippen LogP) is 4.45. The number of allylic oxidation sites excluding steroid dienone is 1. The maximum absolute atomic E-state index is 14.1. The van der Waals surface area contributed by atoms with Gasteiger partial charge in [-0.25, -0.2) is 14.6 Å². The first-order valence-electron chi connectivity index (χ1n) is 14.5. The van der Waals surface area contributed by atoms with E-state index in [1.807, 2.05) is 81.4 Å². The lowest BCUT2D eigenvalue weighted by Gasteiger charge is -2.25. The summed E-state index contributed by atoms with van der Waals surface area (Å²) in [5, 5.41) is 0. The summed E-state index contributed by atoms with van der Waals surface area (Å²) in [6.07, 6.45) is 1.88. The summed E-state index contributed by atoms with van der Waals surface area (Å²) < 4.78 is 14.7. The van der Waals surface area contributed by atoms with Crippen LogP contribution in [0.1, 0.15) is 59.7 Å². The highest BCUT2D eigenvalue weighted by Crippen LogP contribution is 2.31. The van der Waals surface area contributed by atoms with Gasteiger partial charge in [0.05, 0.1) is 40.6 Å². The highest BCUT2D eigenvalue weighted by molar-refractivity contribution is 7.07. The standard InChI is InChI=1S/C34H36N4O5S/c1-8-42-32(40)24-12-16-27(17-13-24)37-20(3)18-25(22(37)5)19-28-31(39)38-30(23-10-14-26(15-11-23)36(6)7)29(33(41)43-9-2)21(4)35-34(38)44-28/h10-19,30H,8-9H2,1-7H3/b28-19+/t30-/m1/s1. The average molecular weight is 613 g/mol. The van der Waals surface area contributed by atoms with Gasteiger partial charge in [0.2, 0.25) is 0 Å². The van der Waals surface area contributed by atoms with Crippen LogP contribution in [0.4, 0.5) is 5.69 Å². The molecule has 10 heteroatoms. The third kappa shape index (κ3) is 5.65. The van der Waals surface area contributed by atoms with E-state index in [0.717, 1.165) is 33.9 Å². The van der Waals surface area contributed by atoms with Crippen molar-refractivity contribution in [1.29, 1.82) is 0 Å². The zero-order valence-electron chi connectivity index (χ0n) is 26.0. The lowest BCUT2D eigenvalue weighted by Crippen LogP contribution is -2.40. The van der Waals surface area contributed by atoms with Gasteiger partial charge in [-0.05, 0) is 94.3 Å². The van der Waals surface area contributed by atoms with E-state index in [0.29, 0.717) is 32.8 Å². The zero-order chi connectivity index (χ0) is 31.7. The predicted molar refractivity (Wildman–Crippen MR) is 172 cm³/mol. The monoisotopic (exact) mass is 612 g/mol. The maximum atomic E-state index is 14.1. The molecule has 0 aliphatic carbocycles. The maximum Gasteiger partial charge on any atom is 0.338 e. The van der Waals surface area contributed by atoms with Crippen molar-refractivity contribution in [2.45, 2.75) is 40.7 Å². The van der Waals surface area contributed by atoms with Crippen molar-refractivity contribution in [3.05, 3.63) is 114 Å². The average Bonchev–Trinajstić information content (AvgIpc) is 3.45. The van der Waals surface area contributed by atoms with Crippen LogP contribution >= 0.6 is 11.3 Å². The minimum atomic E-state index is -0.672. The molecule has 0 saturated carbocycles. The van der Waals surface area contributed by atoms with Crippen molar-refractivity contribution >= 4 is 35.0 Å². The van der Waals surface area contributed by atoms with E-state index in [1.54, 1.807) is 37.5 Å². The zero-order valence-corrected chi connectivity index (χ0v) is 26.8. The van der Waals surface area contributed by atoms with Crippen molar-refractivity contribution in [1.82, 2.24) is 9.13 Å². The van der Waals surface area contributed by atoms with Gasteiger partial charge < -0.3 is 18.9 Å². The Morgan fingerprint density at radius 2 is 1.59 bits per heavy atom. The molecule has 0 unspecified atom stereocenters. The molecule has 3 heterocycles. The second kappa shape index (κ2) is 12.5. The largest absolute Gasteiger partial charge is 0.463 e. The third-order valence-electron chi connectivity index (χ3n) is 7.64. The van der Waals surface area contributed by atoms with Gasteiger partial charge in [-0.2, -0.15) is 0 Å². The van der Waals surface area contributed by atoms with Crippen molar-refractivity contribution in [3.63, 3.8) is 0 Å². The van der Waals surface area contributed by atoms with Gasteiger partial charge in [0, 0.05) is 36.9 Å². The molecule has 4 aromatic rings. The Hall–Kier alpha value is -4.70. The first-order valence-corrected chi connectivity index (χ1v) is 15.3. The number of carbonyl (C=O) groups is 2. The van der Waals surface area contributed by atoms with Crippen LogP contribution in [0, 0.1) is 13.8 Å². The van der Waals surface area contributed by atoms with Crippen molar-refractivity contribution in [2.24, 2.45) is 4.99 Å². The molecule has 1 aliphatic heterocycles. The van der Waals surface area contributed by atoms with E-state index in [4.69, 9.17) is 14.5 Å².